The second-order valence-electron chi connectivity index (χ2n) is 8.63. The van der Waals surface area contributed by atoms with Gasteiger partial charge in [-0.25, -0.2) is 0 Å². The van der Waals surface area contributed by atoms with Crippen molar-refractivity contribution in [3.63, 3.8) is 0 Å². The first-order valence-electron chi connectivity index (χ1n) is 11.4. The fraction of sp³-hybridized carbons (Fsp3) is 0.267. The second kappa shape index (κ2) is 8.14. The van der Waals surface area contributed by atoms with E-state index in [1.165, 1.54) is 0 Å². The Balaban J connectivity index is 1.60. The predicted octanol–water partition coefficient (Wildman–Crippen LogP) is 8.28. The largest absolute Gasteiger partial charge is 0.456 e. The summed E-state index contributed by atoms with van der Waals surface area (Å²) in [7, 11) is 0. The van der Waals surface area contributed by atoms with Crippen molar-refractivity contribution in [2.24, 2.45) is 11.8 Å². The minimum absolute atomic E-state index is 0.392. The molecule has 0 saturated carbocycles. The van der Waals surface area contributed by atoms with Gasteiger partial charge in [0.15, 0.2) is 0 Å². The second-order valence-corrected chi connectivity index (χ2v) is 8.63. The highest BCUT2D eigenvalue weighted by Gasteiger charge is 2.13. The number of hydrogen-bond acceptors (Lipinski definition) is 2. The molecule has 5 aromatic rings. The molecule has 0 aliphatic rings. The van der Waals surface area contributed by atoms with Crippen molar-refractivity contribution in [1.29, 1.82) is 0 Å². The standard InChI is InChI=1S/C30H26O2/c1-5-19(3)7-9-21-11-13-23-25-17-30-26(18-29(25)31-27(23)15-21)24-14-12-22(16-28(24)32-30)10-8-20(4)6-2/h11-20H,5-6H2,1-4H3. The van der Waals surface area contributed by atoms with Crippen LogP contribution in [0.1, 0.15) is 51.7 Å². The zero-order chi connectivity index (χ0) is 22.2. The van der Waals surface area contributed by atoms with Crippen LogP contribution in [-0.4, -0.2) is 0 Å². The van der Waals surface area contributed by atoms with Gasteiger partial charge in [-0.1, -0.05) is 51.4 Å². The molecule has 0 N–H and O–H groups in total. The van der Waals surface area contributed by atoms with Crippen molar-refractivity contribution in [2.75, 3.05) is 0 Å². The van der Waals surface area contributed by atoms with Crippen LogP contribution in [0, 0.1) is 35.5 Å². The molecule has 0 radical (unpaired) electrons. The van der Waals surface area contributed by atoms with E-state index in [0.717, 1.165) is 67.8 Å². The van der Waals surface area contributed by atoms with Gasteiger partial charge in [-0.2, -0.15) is 0 Å². The van der Waals surface area contributed by atoms with E-state index in [-0.39, 0.29) is 0 Å². The minimum Gasteiger partial charge on any atom is -0.456 e. The predicted molar refractivity (Wildman–Crippen MR) is 134 cm³/mol. The van der Waals surface area contributed by atoms with E-state index >= 15 is 0 Å². The van der Waals surface area contributed by atoms with Gasteiger partial charge in [-0.15, -0.1) is 0 Å². The first kappa shape index (κ1) is 20.3. The van der Waals surface area contributed by atoms with E-state index in [0.29, 0.717) is 11.8 Å². The molecule has 0 aliphatic carbocycles. The topological polar surface area (TPSA) is 26.3 Å². The Morgan fingerprint density at radius 2 is 1.00 bits per heavy atom. The summed E-state index contributed by atoms with van der Waals surface area (Å²) in [5.41, 5.74) is 5.41. The van der Waals surface area contributed by atoms with Gasteiger partial charge in [0.25, 0.3) is 0 Å². The number of fused-ring (bicyclic) bond motifs is 6. The molecule has 2 unspecified atom stereocenters. The van der Waals surface area contributed by atoms with Crippen molar-refractivity contribution in [1.82, 2.24) is 0 Å². The summed E-state index contributed by atoms with van der Waals surface area (Å²) < 4.78 is 12.4. The van der Waals surface area contributed by atoms with Gasteiger partial charge in [0.05, 0.1) is 0 Å². The maximum absolute atomic E-state index is 6.22. The van der Waals surface area contributed by atoms with Gasteiger partial charge >= 0.3 is 0 Å². The molecule has 5 rings (SSSR count). The van der Waals surface area contributed by atoms with E-state index in [2.05, 4.69) is 87.8 Å². The fourth-order valence-corrected chi connectivity index (χ4v) is 3.82. The van der Waals surface area contributed by atoms with Crippen molar-refractivity contribution in [2.45, 2.75) is 40.5 Å². The fourth-order valence-electron chi connectivity index (χ4n) is 3.82. The summed E-state index contributed by atoms with van der Waals surface area (Å²) in [6, 6.07) is 16.6. The van der Waals surface area contributed by atoms with Crippen LogP contribution in [0.25, 0.3) is 43.9 Å². The van der Waals surface area contributed by atoms with Gasteiger partial charge < -0.3 is 8.83 Å². The summed E-state index contributed by atoms with van der Waals surface area (Å²) in [5, 5.41) is 4.28. The molecule has 2 heteroatoms. The van der Waals surface area contributed by atoms with Crippen LogP contribution >= 0.6 is 0 Å². The number of hydrogen-bond donors (Lipinski definition) is 0. The van der Waals surface area contributed by atoms with E-state index in [9.17, 15) is 0 Å². The Hall–Kier alpha value is -3.62. The Morgan fingerprint density at radius 3 is 1.41 bits per heavy atom. The van der Waals surface area contributed by atoms with E-state index < -0.39 is 0 Å². The average molecular weight is 419 g/mol. The molecule has 2 aromatic heterocycles. The number of benzene rings is 3. The Kier molecular flexibility index (Phi) is 5.16. The summed E-state index contributed by atoms with van der Waals surface area (Å²) in [4.78, 5) is 0. The maximum atomic E-state index is 6.22. The molecule has 2 heterocycles. The lowest BCUT2D eigenvalue weighted by atomic mass is 10.1. The maximum Gasteiger partial charge on any atom is 0.136 e. The van der Waals surface area contributed by atoms with Crippen LogP contribution in [0.15, 0.2) is 57.4 Å². The summed E-state index contributed by atoms with van der Waals surface area (Å²) in [6.45, 7) is 8.60. The molecule has 0 aliphatic heterocycles. The Bertz CT molecular complexity index is 1470. The summed E-state index contributed by atoms with van der Waals surface area (Å²) in [5.74, 6) is 13.9. The van der Waals surface area contributed by atoms with Crippen LogP contribution in [0.2, 0.25) is 0 Å². The van der Waals surface area contributed by atoms with E-state index in [4.69, 9.17) is 8.83 Å². The third-order valence-electron chi connectivity index (χ3n) is 6.22. The molecule has 0 spiro atoms. The quantitative estimate of drug-likeness (QED) is 0.270. The average Bonchev–Trinajstić information content (AvgIpc) is 3.35. The van der Waals surface area contributed by atoms with Crippen molar-refractivity contribution >= 4 is 43.9 Å². The molecule has 0 bridgehead atoms. The van der Waals surface area contributed by atoms with E-state index in [1.54, 1.807) is 0 Å². The summed E-state index contributed by atoms with van der Waals surface area (Å²) in [6.07, 6.45) is 2.11. The van der Waals surface area contributed by atoms with Gasteiger partial charge in [0, 0.05) is 44.5 Å². The SMILES string of the molecule is CCC(C)C#Cc1ccc2c(c1)oc1cc3c(cc12)oc1cc(C#CC(C)CC)ccc13. The molecular formula is C30H26O2. The zero-order valence-electron chi connectivity index (χ0n) is 19.0. The molecule has 2 nitrogen and oxygen atoms in total. The monoisotopic (exact) mass is 418 g/mol. The number of rotatable bonds is 2. The Labute approximate surface area is 188 Å². The highest BCUT2D eigenvalue weighted by molar-refractivity contribution is 6.14. The molecular weight excluding hydrogens is 392 g/mol. The molecule has 0 amide bonds. The zero-order valence-corrected chi connectivity index (χ0v) is 19.0. The van der Waals surface area contributed by atoms with Gasteiger partial charge in [0.1, 0.15) is 22.3 Å². The normalized spacial score (nSPS) is 13.1. The van der Waals surface area contributed by atoms with Crippen LogP contribution in [0.5, 0.6) is 0 Å². The molecule has 0 fully saturated rings. The molecule has 2 atom stereocenters. The van der Waals surface area contributed by atoms with Crippen LogP contribution in [0.3, 0.4) is 0 Å². The van der Waals surface area contributed by atoms with Crippen molar-refractivity contribution < 1.29 is 8.83 Å². The van der Waals surface area contributed by atoms with Gasteiger partial charge in [-0.3, -0.25) is 0 Å². The third-order valence-corrected chi connectivity index (χ3v) is 6.22. The third kappa shape index (κ3) is 3.63. The van der Waals surface area contributed by atoms with Crippen LogP contribution < -0.4 is 0 Å². The lowest BCUT2D eigenvalue weighted by Gasteiger charge is -1.95. The van der Waals surface area contributed by atoms with Crippen molar-refractivity contribution in [3.8, 4) is 23.7 Å². The smallest absolute Gasteiger partial charge is 0.136 e. The van der Waals surface area contributed by atoms with Gasteiger partial charge in [0.2, 0.25) is 0 Å². The lowest BCUT2D eigenvalue weighted by Crippen LogP contribution is -1.85. The highest BCUT2D eigenvalue weighted by Crippen LogP contribution is 2.37. The van der Waals surface area contributed by atoms with Crippen LogP contribution in [0.4, 0.5) is 0 Å². The molecule has 3 aromatic carbocycles. The molecule has 158 valence electrons. The first-order chi connectivity index (χ1) is 15.6. The minimum atomic E-state index is 0.392. The van der Waals surface area contributed by atoms with E-state index in [1.807, 2.05) is 12.1 Å². The molecule has 32 heavy (non-hydrogen) atoms. The highest BCUT2D eigenvalue weighted by atomic mass is 16.3. The van der Waals surface area contributed by atoms with Gasteiger partial charge in [-0.05, 0) is 61.4 Å². The van der Waals surface area contributed by atoms with Crippen molar-refractivity contribution in [3.05, 3.63) is 59.7 Å². The number of furan rings is 2. The lowest BCUT2D eigenvalue weighted by molar-refractivity contribution is 0.664. The Morgan fingerprint density at radius 1 is 0.594 bits per heavy atom. The first-order valence-corrected chi connectivity index (χ1v) is 11.4. The van der Waals surface area contributed by atoms with Crippen LogP contribution in [-0.2, 0) is 0 Å². The molecule has 0 saturated heterocycles. The summed E-state index contributed by atoms with van der Waals surface area (Å²) >= 11 is 0.